The summed E-state index contributed by atoms with van der Waals surface area (Å²) in [6.45, 7) is 7.54. The highest BCUT2D eigenvalue weighted by Gasteiger charge is 2.19. The highest BCUT2D eigenvalue weighted by atomic mass is 16.5. The van der Waals surface area contributed by atoms with Crippen molar-refractivity contribution in [1.82, 2.24) is 14.9 Å². The second-order valence-electron chi connectivity index (χ2n) is 8.62. The Kier molecular flexibility index (Phi) is 7.37. The van der Waals surface area contributed by atoms with Gasteiger partial charge in [0.25, 0.3) is 0 Å². The number of phenols is 1. The molecule has 0 atom stereocenters. The zero-order chi connectivity index (χ0) is 23.2. The Hall–Kier alpha value is -2.95. The maximum Gasteiger partial charge on any atom is 0.320 e. The first kappa shape index (κ1) is 22.8. The van der Waals surface area contributed by atoms with Crippen LogP contribution in [0, 0.1) is 0 Å². The Morgan fingerprint density at radius 2 is 1.82 bits per heavy atom. The topological polar surface area (TPSA) is 105 Å². The summed E-state index contributed by atoms with van der Waals surface area (Å²) >= 11 is 0. The van der Waals surface area contributed by atoms with Crippen LogP contribution in [0.4, 0.5) is 11.6 Å². The summed E-state index contributed by atoms with van der Waals surface area (Å²) in [5.74, 6) is 1.71. The van der Waals surface area contributed by atoms with Crippen LogP contribution >= 0.6 is 0 Å². The lowest BCUT2D eigenvalue weighted by Gasteiger charge is -2.28. The van der Waals surface area contributed by atoms with Crippen molar-refractivity contribution in [2.75, 3.05) is 76.1 Å². The lowest BCUT2D eigenvalue weighted by atomic mass is 9.89. The van der Waals surface area contributed by atoms with Crippen LogP contribution in [0.2, 0.25) is 0 Å². The minimum absolute atomic E-state index is 0.331. The molecule has 1 aliphatic carbocycles. The smallest absolute Gasteiger partial charge is 0.320 e. The number of nitrogens with zero attached hydrogens (tertiary/aromatic N) is 5. The number of hydrazone groups is 1. The number of ether oxygens (including phenoxy) is 3. The van der Waals surface area contributed by atoms with E-state index in [-0.39, 0.29) is 0 Å². The minimum Gasteiger partial charge on any atom is -0.508 e. The average molecular weight is 469 g/mol. The third-order valence-corrected chi connectivity index (χ3v) is 6.38. The van der Waals surface area contributed by atoms with Crippen LogP contribution < -0.4 is 15.1 Å². The molecule has 10 heteroatoms. The van der Waals surface area contributed by atoms with E-state index in [9.17, 15) is 5.11 Å². The van der Waals surface area contributed by atoms with Crippen molar-refractivity contribution in [3.8, 4) is 11.8 Å². The zero-order valence-corrected chi connectivity index (χ0v) is 19.4. The quantitative estimate of drug-likeness (QED) is 0.590. The maximum atomic E-state index is 10.2. The predicted molar refractivity (Wildman–Crippen MR) is 129 cm³/mol. The lowest BCUT2D eigenvalue weighted by Crippen LogP contribution is -2.39. The van der Waals surface area contributed by atoms with Gasteiger partial charge in [0, 0.05) is 49.9 Å². The van der Waals surface area contributed by atoms with Crippen molar-refractivity contribution in [2.24, 2.45) is 5.10 Å². The molecule has 34 heavy (non-hydrogen) atoms. The highest BCUT2D eigenvalue weighted by Crippen LogP contribution is 2.29. The Balaban J connectivity index is 1.33. The maximum absolute atomic E-state index is 10.2. The van der Waals surface area contributed by atoms with Gasteiger partial charge in [-0.1, -0.05) is 12.1 Å². The van der Waals surface area contributed by atoms with Crippen LogP contribution in [-0.2, 0) is 15.9 Å². The third kappa shape index (κ3) is 5.57. The van der Waals surface area contributed by atoms with E-state index in [0.717, 1.165) is 87.9 Å². The Morgan fingerprint density at radius 1 is 1.03 bits per heavy atom. The summed E-state index contributed by atoms with van der Waals surface area (Å²) in [5.41, 5.74) is 5.99. The summed E-state index contributed by atoms with van der Waals surface area (Å²) in [5, 5.41) is 14.9. The lowest BCUT2D eigenvalue weighted by molar-refractivity contribution is 0.0317. The number of aromatic nitrogens is 2. The number of aromatic hydroxyl groups is 1. The molecule has 2 aliphatic heterocycles. The number of hydrogen-bond acceptors (Lipinski definition) is 10. The number of hydrogen-bond donors (Lipinski definition) is 2. The molecule has 182 valence electrons. The van der Waals surface area contributed by atoms with E-state index in [1.807, 2.05) is 18.2 Å². The van der Waals surface area contributed by atoms with Gasteiger partial charge in [-0.15, -0.1) is 0 Å². The molecule has 2 N–H and O–H groups in total. The van der Waals surface area contributed by atoms with Crippen molar-refractivity contribution >= 4 is 17.3 Å². The summed E-state index contributed by atoms with van der Waals surface area (Å²) in [6, 6.07) is 7.83. The Labute approximate surface area is 199 Å². The molecule has 2 fully saturated rings. The van der Waals surface area contributed by atoms with E-state index in [0.29, 0.717) is 37.4 Å². The van der Waals surface area contributed by atoms with Crippen molar-refractivity contribution in [3.63, 3.8) is 0 Å². The predicted octanol–water partition coefficient (Wildman–Crippen LogP) is 1.88. The Bertz CT molecular complexity index is 1000. The molecule has 1 aromatic carbocycles. The first-order valence-corrected chi connectivity index (χ1v) is 12.0. The van der Waals surface area contributed by atoms with Crippen LogP contribution in [0.25, 0.3) is 0 Å². The summed E-state index contributed by atoms with van der Waals surface area (Å²) in [4.78, 5) is 13.7. The molecule has 2 aromatic rings. The second-order valence-corrected chi connectivity index (χ2v) is 8.62. The molecule has 0 bridgehead atoms. The summed E-state index contributed by atoms with van der Waals surface area (Å²) in [7, 11) is 0. The number of fused-ring (bicyclic) bond motifs is 1. The molecule has 0 radical (unpaired) electrons. The molecule has 1 aromatic heterocycles. The van der Waals surface area contributed by atoms with Crippen molar-refractivity contribution in [1.29, 1.82) is 0 Å². The molecule has 2 saturated heterocycles. The van der Waals surface area contributed by atoms with Gasteiger partial charge in [0.1, 0.15) is 18.2 Å². The summed E-state index contributed by atoms with van der Waals surface area (Å²) < 4.78 is 16.9. The van der Waals surface area contributed by atoms with Gasteiger partial charge in [0.05, 0.1) is 32.1 Å². The minimum atomic E-state index is 0.331. The number of morpholine rings is 2. The van der Waals surface area contributed by atoms with Crippen LogP contribution in [0.15, 0.2) is 29.4 Å². The number of benzene rings is 1. The van der Waals surface area contributed by atoms with Crippen molar-refractivity contribution in [3.05, 3.63) is 35.4 Å². The van der Waals surface area contributed by atoms with Crippen molar-refractivity contribution < 1.29 is 19.3 Å². The molecular formula is C24H32N6O4. The molecule has 0 saturated carbocycles. The van der Waals surface area contributed by atoms with E-state index < -0.39 is 0 Å². The van der Waals surface area contributed by atoms with Gasteiger partial charge in [-0.05, 0) is 25.3 Å². The molecule has 3 heterocycles. The number of nitrogens with one attached hydrogen (secondary N) is 1. The number of anilines is 2. The molecule has 10 nitrogen and oxygen atoms in total. The van der Waals surface area contributed by atoms with Gasteiger partial charge in [-0.25, -0.2) is 0 Å². The van der Waals surface area contributed by atoms with Gasteiger partial charge < -0.3 is 24.2 Å². The zero-order valence-electron chi connectivity index (χ0n) is 19.4. The van der Waals surface area contributed by atoms with E-state index in [4.69, 9.17) is 14.2 Å². The monoisotopic (exact) mass is 468 g/mol. The molecule has 0 unspecified atom stereocenters. The van der Waals surface area contributed by atoms with Crippen LogP contribution in [0.1, 0.15) is 24.0 Å². The SMILES string of the molecule is Oc1cccc2c1CCCC2=NNc1cc(N2CCOCC2)nc(OCCN2CCOCC2)n1. The van der Waals surface area contributed by atoms with E-state index in [1.165, 1.54) is 0 Å². The van der Waals surface area contributed by atoms with Crippen LogP contribution in [0.5, 0.6) is 11.8 Å². The van der Waals surface area contributed by atoms with Gasteiger partial charge in [0.2, 0.25) is 0 Å². The van der Waals surface area contributed by atoms with E-state index in [2.05, 4.69) is 30.3 Å². The molecule has 0 amide bonds. The third-order valence-electron chi connectivity index (χ3n) is 6.38. The second kappa shape index (κ2) is 11.0. The largest absolute Gasteiger partial charge is 0.508 e. The van der Waals surface area contributed by atoms with Gasteiger partial charge in [0.15, 0.2) is 5.82 Å². The Morgan fingerprint density at radius 3 is 2.65 bits per heavy atom. The first-order chi connectivity index (χ1) is 16.8. The highest BCUT2D eigenvalue weighted by molar-refractivity contribution is 6.03. The van der Waals surface area contributed by atoms with Gasteiger partial charge in [-0.2, -0.15) is 15.1 Å². The van der Waals surface area contributed by atoms with E-state index >= 15 is 0 Å². The molecule has 3 aliphatic rings. The summed E-state index contributed by atoms with van der Waals surface area (Å²) in [6.07, 6.45) is 2.65. The standard InChI is InChI=1S/C24H32N6O4/c31-21-6-2-3-18-19(21)4-1-5-20(18)27-28-22-17-23(30-10-14-33-15-11-30)26-24(25-22)34-16-9-29-7-12-32-13-8-29/h2-3,6,17,31H,1,4-5,7-16H2,(H,25,26,28). The van der Waals surface area contributed by atoms with Gasteiger partial charge in [-0.3, -0.25) is 10.3 Å². The molecular weight excluding hydrogens is 436 g/mol. The number of rotatable bonds is 7. The normalized spacial score (nSPS) is 20.2. The van der Waals surface area contributed by atoms with Crippen LogP contribution in [0.3, 0.4) is 0 Å². The van der Waals surface area contributed by atoms with Crippen LogP contribution in [-0.4, -0.2) is 91.4 Å². The average Bonchev–Trinajstić information content (AvgIpc) is 2.89. The fourth-order valence-electron chi connectivity index (χ4n) is 4.50. The fraction of sp³-hybridized carbons (Fsp3) is 0.542. The number of phenolic OH excluding ortho intramolecular Hbond substituents is 1. The first-order valence-electron chi connectivity index (χ1n) is 12.0. The molecule has 5 rings (SSSR count). The molecule has 0 spiro atoms. The van der Waals surface area contributed by atoms with Crippen molar-refractivity contribution in [2.45, 2.75) is 19.3 Å². The van der Waals surface area contributed by atoms with Gasteiger partial charge >= 0.3 is 6.01 Å². The van der Waals surface area contributed by atoms with E-state index in [1.54, 1.807) is 6.07 Å². The fourth-order valence-corrected chi connectivity index (χ4v) is 4.50.